The second-order valence-corrected chi connectivity index (χ2v) is 5.22. The van der Waals surface area contributed by atoms with Crippen molar-refractivity contribution in [1.29, 1.82) is 0 Å². The number of carbonyl (C=O) groups excluding carboxylic acids is 2. The van der Waals surface area contributed by atoms with Crippen molar-refractivity contribution < 1.29 is 19.1 Å². The van der Waals surface area contributed by atoms with Crippen LogP contribution in [0.5, 0.6) is 0 Å². The third-order valence-electron chi connectivity index (χ3n) is 3.76. The highest BCUT2D eigenvalue weighted by molar-refractivity contribution is 6.21. The smallest absolute Gasteiger partial charge is 0.340 e. The number of fused-ring (bicyclic) bond motifs is 1. The zero-order valence-corrected chi connectivity index (χ0v) is 14.0. The number of hydrogen-bond donors (Lipinski definition) is 0. The summed E-state index contributed by atoms with van der Waals surface area (Å²) >= 11 is 0. The van der Waals surface area contributed by atoms with Gasteiger partial charge in [0, 0.05) is 18.7 Å². The van der Waals surface area contributed by atoms with Crippen LogP contribution < -0.4 is 0 Å². The van der Waals surface area contributed by atoms with Crippen molar-refractivity contribution in [3.8, 4) is 11.1 Å². The molecule has 2 aromatic heterocycles. The minimum atomic E-state index is -0.673. The Labute approximate surface area is 143 Å². The zero-order chi connectivity index (χ0) is 18.0. The number of carbonyl (C=O) groups is 2. The summed E-state index contributed by atoms with van der Waals surface area (Å²) in [6.45, 7) is 0. The molecule has 0 radical (unpaired) electrons. The standard InChI is InChI=1S/C17H16N4O4/c1-20-14-9-12(11-7-5-4-6-8-11)16(21(14)19-18-20)13(17(23)25-3)10-15(22)24-2/h4-10H,1-3H3/b13-10-. The Bertz CT molecular complexity index is 969. The molecule has 25 heavy (non-hydrogen) atoms. The van der Waals surface area contributed by atoms with Gasteiger partial charge in [0.15, 0.2) is 5.65 Å². The Morgan fingerprint density at radius 3 is 2.44 bits per heavy atom. The predicted octanol–water partition coefficient (Wildman–Crippen LogP) is 1.46. The fourth-order valence-corrected chi connectivity index (χ4v) is 2.56. The van der Waals surface area contributed by atoms with Crippen LogP contribution in [0.4, 0.5) is 0 Å². The molecule has 8 heteroatoms. The highest BCUT2D eigenvalue weighted by Gasteiger charge is 2.25. The summed E-state index contributed by atoms with van der Waals surface area (Å²) in [6, 6.07) is 11.3. The molecule has 128 valence electrons. The first kappa shape index (κ1) is 16.4. The van der Waals surface area contributed by atoms with Gasteiger partial charge in [-0.25, -0.2) is 14.3 Å². The van der Waals surface area contributed by atoms with Crippen LogP contribution in [-0.2, 0) is 26.1 Å². The number of rotatable bonds is 4. The molecule has 0 aliphatic heterocycles. The summed E-state index contributed by atoms with van der Waals surface area (Å²) in [5, 5.41) is 8.02. The fraction of sp³-hybridized carbons (Fsp3) is 0.176. The highest BCUT2D eigenvalue weighted by Crippen LogP contribution is 2.32. The van der Waals surface area contributed by atoms with Gasteiger partial charge in [-0.2, -0.15) is 4.52 Å². The van der Waals surface area contributed by atoms with E-state index in [0.29, 0.717) is 11.3 Å². The van der Waals surface area contributed by atoms with E-state index in [2.05, 4.69) is 15.2 Å². The van der Waals surface area contributed by atoms with Gasteiger partial charge >= 0.3 is 11.9 Å². The second kappa shape index (κ2) is 6.60. The Balaban J connectivity index is 2.33. The number of esters is 2. The number of methoxy groups -OCH3 is 2. The molecule has 0 atom stereocenters. The number of ether oxygens (including phenoxy) is 2. The van der Waals surface area contributed by atoms with Gasteiger partial charge in [-0.15, -0.1) is 0 Å². The fourth-order valence-electron chi connectivity index (χ4n) is 2.56. The van der Waals surface area contributed by atoms with E-state index in [1.165, 1.54) is 18.7 Å². The van der Waals surface area contributed by atoms with Crippen molar-refractivity contribution in [2.45, 2.75) is 0 Å². The van der Waals surface area contributed by atoms with Crippen LogP contribution in [-0.4, -0.2) is 45.8 Å². The summed E-state index contributed by atoms with van der Waals surface area (Å²) in [5.74, 6) is -1.34. The molecular formula is C17H16N4O4. The molecule has 3 aromatic rings. The maximum absolute atomic E-state index is 12.3. The van der Waals surface area contributed by atoms with Gasteiger partial charge in [0.1, 0.15) is 0 Å². The first-order chi connectivity index (χ1) is 12.1. The van der Waals surface area contributed by atoms with E-state index in [1.54, 1.807) is 11.7 Å². The van der Waals surface area contributed by atoms with Crippen molar-refractivity contribution in [3.63, 3.8) is 0 Å². The molecule has 3 rings (SSSR count). The quantitative estimate of drug-likeness (QED) is 0.528. The average molecular weight is 340 g/mol. The Hall–Kier alpha value is -3.42. The van der Waals surface area contributed by atoms with Crippen LogP contribution in [0, 0.1) is 0 Å². The van der Waals surface area contributed by atoms with E-state index >= 15 is 0 Å². The largest absolute Gasteiger partial charge is 0.466 e. The van der Waals surface area contributed by atoms with Crippen molar-refractivity contribution in [2.24, 2.45) is 7.05 Å². The number of aromatic nitrogens is 4. The molecule has 0 aliphatic carbocycles. The molecule has 0 saturated carbocycles. The summed E-state index contributed by atoms with van der Waals surface area (Å²) in [7, 11) is 4.22. The molecule has 0 unspecified atom stereocenters. The maximum atomic E-state index is 12.3. The number of hydrogen-bond acceptors (Lipinski definition) is 6. The molecule has 8 nitrogen and oxygen atoms in total. The Morgan fingerprint density at radius 2 is 1.80 bits per heavy atom. The summed E-state index contributed by atoms with van der Waals surface area (Å²) < 4.78 is 12.6. The van der Waals surface area contributed by atoms with Gasteiger partial charge in [0.25, 0.3) is 0 Å². The van der Waals surface area contributed by atoms with Crippen LogP contribution in [0.2, 0.25) is 0 Å². The summed E-state index contributed by atoms with van der Waals surface area (Å²) in [5.41, 5.74) is 2.69. The lowest BCUT2D eigenvalue weighted by molar-refractivity contribution is -0.136. The van der Waals surface area contributed by atoms with Gasteiger partial charge < -0.3 is 9.47 Å². The molecule has 2 heterocycles. The van der Waals surface area contributed by atoms with Crippen molar-refractivity contribution >= 4 is 23.2 Å². The molecule has 0 spiro atoms. The molecule has 0 saturated heterocycles. The lowest BCUT2D eigenvalue weighted by Gasteiger charge is -2.08. The van der Waals surface area contributed by atoms with E-state index in [1.807, 2.05) is 36.4 Å². The Kier molecular flexibility index (Phi) is 4.34. The van der Waals surface area contributed by atoms with Gasteiger partial charge in [-0.3, -0.25) is 0 Å². The zero-order valence-electron chi connectivity index (χ0n) is 14.0. The van der Waals surface area contributed by atoms with E-state index in [0.717, 1.165) is 17.2 Å². The van der Waals surface area contributed by atoms with Gasteiger partial charge in [-0.05, 0) is 22.1 Å². The average Bonchev–Trinajstić information content (AvgIpc) is 3.19. The molecule has 0 N–H and O–H groups in total. The summed E-state index contributed by atoms with van der Waals surface area (Å²) in [6.07, 6.45) is 1.09. The topological polar surface area (TPSA) is 87.7 Å². The first-order valence-corrected chi connectivity index (χ1v) is 7.42. The summed E-state index contributed by atoms with van der Waals surface area (Å²) in [4.78, 5) is 24.1. The third-order valence-corrected chi connectivity index (χ3v) is 3.76. The first-order valence-electron chi connectivity index (χ1n) is 7.42. The number of tetrazole rings is 1. The minimum Gasteiger partial charge on any atom is -0.466 e. The van der Waals surface area contributed by atoms with Crippen LogP contribution >= 0.6 is 0 Å². The van der Waals surface area contributed by atoms with E-state index in [-0.39, 0.29) is 5.57 Å². The number of nitrogens with zero attached hydrogens (tertiary/aromatic N) is 4. The van der Waals surface area contributed by atoms with Gasteiger partial charge in [-0.1, -0.05) is 30.3 Å². The normalized spacial score (nSPS) is 11.6. The van der Waals surface area contributed by atoms with Crippen LogP contribution in [0.25, 0.3) is 22.3 Å². The monoisotopic (exact) mass is 340 g/mol. The predicted molar refractivity (Wildman–Crippen MR) is 89.4 cm³/mol. The van der Waals surface area contributed by atoms with E-state index in [4.69, 9.17) is 4.74 Å². The van der Waals surface area contributed by atoms with Gasteiger partial charge in [0.2, 0.25) is 0 Å². The lowest BCUT2D eigenvalue weighted by Crippen LogP contribution is -2.10. The lowest BCUT2D eigenvalue weighted by atomic mass is 10.0. The second-order valence-electron chi connectivity index (χ2n) is 5.22. The molecule has 0 bridgehead atoms. The van der Waals surface area contributed by atoms with Crippen LogP contribution in [0.15, 0.2) is 42.5 Å². The van der Waals surface area contributed by atoms with Gasteiger partial charge in [0.05, 0.1) is 25.5 Å². The molecule has 0 amide bonds. The van der Waals surface area contributed by atoms with Crippen LogP contribution in [0.1, 0.15) is 5.69 Å². The van der Waals surface area contributed by atoms with E-state index < -0.39 is 11.9 Å². The third kappa shape index (κ3) is 2.89. The van der Waals surface area contributed by atoms with Crippen LogP contribution in [0.3, 0.4) is 0 Å². The minimum absolute atomic E-state index is 0.0358. The molecular weight excluding hydrogens is 324 g/mol. The Morgan fingerprint density at radius 1 is 1.08 bits per heavy atom. The van der Waals surface area contributed by atoms with Crippen molar-refractivity contribution in [1.82, 2.24) is 19.6 Å². The van der Waals surface area contributed by atoms with Crippen molar-refractivity contribution in [3.05, 3.63) is 48.2 Å². The van der Waals surface area contributed by atoms with Crippen molar-refractivity contribution in [2.75, 3.05) is 14.2 Å². The SMILES string of the molecule is COC(=O)/C=C(\C(=O)OC)c1c(-c2ccccc2)cc2n(C)nnn12. The number of aryl methyl sites for hydroxylation is 1. The maximum Gasteiger partial charge on any atom is 0.340 e. The molecule has 0 fully saturated rings. The number of benzene rings is 1. The molecule has 0 aliphatic rings. The molecule has 1 aromatic carbocycles. The van der Waals surface area contributed by atoms with E-state index in [9.17, 15) is 9.59 Å². The highest BCUT2D eigenvalue weighted by atomic mass is 16.5.